The highest BCUT2D eigenvalue weighted by Crippen LogP contribution is 2.23. The minimum absolute atomic E-state index is 0.149. The molecule has 1 aromatic carbocycles. The fraction of sp³-hybridized carbons (Fsp3) is 0.571. The van der Waals surface area contributed by atoms with E-state index in [0.29, 0.717) is 10.8 Å². The van der Waals surface area contributed by atoms with Gasteiger partial charge < -0.3 is 0 Å². The molecule has 0 fully saturated rings. The Bertz CT molecular complexity index is 507. The molecule has 1 aromatic rings. The van der Waals surface area contributed by atoms with E-state index >= 15 is 0 Å². The summed E-state index contributed by atoms with van der Waals surface area (Å²) in [5, 5.41) is 0.717. The van der Waals surface area contributed by atoms with E-state index in [1.807, 2.05) is 26.0 Å². The topological polar surface area (TPSA) is 34.1 Å². The van der Waals surface area contributed by atoms with Gasteiger partial charge in [0.1, 0.15) is 0 Å². The summed E-state index contributed by atoms with van der Waals surface area (Å²) in [6.45, 7) is 7.95. The molecule has 102 valence electrons. The van der Waals surface area contributed by atoms with Crippen LogP contribution in [0.3, 0.4) is 0 Å². The predicted molar refractivity (Wildman–Crippen MR) is 80.1 cm³/mol. The molecule has 0 radical (unpaired) electrons. The Morgan fingerprint density at radius 3 is 2.28 bits per heavy atom. The highest BCUT2D eigenvalue weighted by Gasteiger charge is 2.24. The molecule has 0 aliphatic heterocycles. The number of hydrogen-bond donors (Lipinski definition) is 0. The average Bonchev–Trinajstić information content (AvgIpc) is 2.24. The number of aryl methyl sites for hydroxylation is 2. The van der Waals surface area contributed by atoms with Crippen LogP contribution in [0.5, 0.6) is 0 Å². The molecule has 0 amide bonds. The number of rotatable bonds is 5. The van der Waals surface area contributed by atoms with Crippen molar-refractivity contribution in [1.29, 1.82) is 0 Å². The zero-order valence-corrected chi connectivity index (χ0v) is 13.8. The van der Waals surface area contributed by atoms with Gasteiger partial charge in [-0.05, 0) is 37.3 Å². The van der Waals surface area contributed by atoms with Gasteiger partial charge in [-0.2, -0.15) is 0 Å². The van der Waals surface area contributed by atoms with E-state index in [4.69, 9.17) is 0 Å². The lowest BCUT2D eigenvalue weighted by molar-refractivity contribution is 0.461. The second-order valence-corrected chi connectivity index (χ2v) is 7.86. The van der Waals surface area contributed by atoms with Crippen molar-refractivity contribution in [2.45, 2.75) is 32.6 Å². The lowest BCUT2D eigenvalue weighted by Gasteiger charge is -2.19. The standard InChI is InChI=1S/C14H21BrO2S/c1-10(2)13(8-15)9-18(16,17)14-6-5-11(3)7-12(14)4/h5-7,10,13H,8-9H2,1-4H3. The van der Waals surface area contributed by atoms with Crippen LogP contribution in [0.25, 0.3) is 0 Å². The van der Waals surface area contributed by atoms with Gasteiger partial charge in [-0.3, -0.25) is 0 Å². The van der Waals surface area contributed by atoms with E-state index in [-0.39, 0.29) is 11.7 Å². The highest BCUT2D eigenvalue weighted by atomic mass is 79.9. The number of alkyl halides is 1. The van der Waals surface area contributed by atoms with Crippen molar-refractivity contribution in [1.82, 2.24) is 0 Å². The molecular weight excluding hydrogens is 312 g/mol. The predicted octanol–water partition coefficient (Wildman–Crippen LogP) is 3.74. The third kappa shape index (κ3) is 3.82. The summed E-state index contributed by atoms with van der Waals surface area (Å²) in [5.74, 6) is 0.709. The largest absolute Gasteiger partial charge is 0.224 e. The van der Waals surface area contributed by atoms with E-state index in [2.05, 4.69) is 29.8 Å². The van der Waals surface area contributed by atoms with E-state index < -0.39 is 9.84 Å². The van der Waals surface area contributed by atoms with E-state index in [0.717, 1.165) is 16.5 Å². The molecule has 2 nitrogen and oxygen atoms in total. The van der Waals surface area contributed by atoms with Gasteiger partial charge in [0.05, 0.1) is 10.6 Å². The summed E-state index contributed by atoms with van der Waals surface area (Å²) < 4.78 is 24.8. The maximum atomic E-state index is 12.4. The van der Waals surface area contributed by atoms with E-state index in [9.17, 15) is 8.42 Å². The van der Waals surface area contributed by atoms with Crippen LogP contribution in [0.15, 0.2) is 23.1 Å². The molecule has 0 saturated carbocycles. The second kappa shape index (κ2) is 6.20. The van der Waals surface area contributed by atoms with Gasteiger partial charge in [0, 0.05) is 5.33 Å². The molecule has 4 heteroatoms. The number of halogens is 1. The van der Waals surface area contributed by atoms with Crippen LogP contribution in [-0.2, 0) is 9.84 Å². The van der Waals surface area contributed by atoms with Gasteiger partial charge in [-0.1, -0.05) is 47.5 Å². The SMILES string of the molecule is Cc1ccc(S(=O)(=O)CC(CBr)C(C)C)c(C)c1. The van der Waals surface area contributed by atoms with Gasteiger partial charge in [0.15, 0.2) is 9.84 Å². The molecule has 1 rings (SSSR count). The molecule has 1 unspecified atom stereocenters. The van der Waals surface area contributed by atoms with Crippen LogP contribution in [0.4, 0.5) is 0 Å². The second-order valence-electron chi connectivity index (χ2n) is 5.21. The van der Waals surface area contributed by atoms with Gasteiger partial charge in [-0.25, -0.2) is 8.42 Å². The monoisotopic (exact) mass is 332 g/mol. The lowest BCUT2D eigenvalue weighted by atomic mass is 10.0. The number of hydrogen-bond acceptors (Lipinski definition) is 2. The van der Waals surface area contributed by atoms with Gasteiger partial charge in [0.2, 0.25) is 0 Å². The van der Waals surface area contributed by atoms with Crippen molar-refractivity contribution in [2.75, 3.05) is 11.1 Å². The zero-order valence-electron chi connectivity index (χ0n) is 11.4. The molecule has 18 heavy (non-hydrogen) atoms. The van der Waals surface area contributed by atoms with Crippen LogP contribution in [0.1, 0.15) is 25.0 Å². The van der Waals surface area contributed by atoms with Crippen molar-refractivity contribution in [3.63, 3.8) is 0 Å². The maximum absolute atomic E-state index is 12.4. The fourth-order valence-electron chi connectivity index (χ4n) is 1.94. The smallest absolute Gasteiger partial charge is 0.178 e. The third-order valence-electron chi connectivity index (χ3n) is 3.24. The van der Waals surface area contributed by atoms with Crippen LogP contribution >= 0.6 is 15.9 Å². The lowest BCUT2D eigenvalue weighted by Crippen LogP contribution is -2.22. The molecule has 0 saturated heterocycles. The molecule has 0 aliphatic carbocycles. The van der Waals surface area contributed by atoms with Gasteiger partial charge >= 0.3 is 0 Å². The highest BCUT2D eigenvalue weighted by molar-refractivity contribution is 9.09. The number of benzene rings is 1. The molecule has 0 spiro atoms. The first kappa shape index (κ1) is 15.7. The van der Waals surface area contributed by atoms with Crippen LogP contribution in [0, 0.1) is 25.7 Å². The maximum Gasteiger partial charge on any atom is 0.178 e. The summed E-state index contributed by atoms with van der Waals surface area (Å²) >= 11 is 3.41. The third-order valence-corrected chi connectivity index (χ3v) is 6.07. The molecule has 1 atom stereocenters. The first-order valence-corrected chi connectivity index (χ1v) is 8.91. The van der Waals surface area contributed by atoms with E-state index in [1.165, 1.54) is 0 Å². The molecule has 0 aromatic heterocycles. The van der Waals surface area contributed by atoms with Crippen LogP contribution < -0.4 is 0 Å². The molecular formula is C14H21BrO2S. The minimum Gasteiger partial charge on any atom is -0.224 e. The van der Waals surface area contributed by atoms with Gasteiger partial charge in [-0.15, -0.1) is 0 Å². The van der Waals surface area contributed by atoms with Crippen molar-refractivity contribution in [3.8, 4) is 0 Å². The van der Waals surface area contributed by atoms with Crippen molar-refractivity contribution in [3.05, 3.63) is 29.3 Å². The Labute approximate surface area is 119 Å². The van der Waals surface area contributed by atoms with Gasteiger partial charge in [0.25, 0.3) is 0 Å². The summed E-state index contributed by atoms with van der Waals surface area (Å²) in [7, 11) is -3.19. The Hall–Kier alpha value is -0.350. The average molecular weight is 333 g/mol. The summed E-state index contributed by atoms with van der Waals surface area (Å²) in [4.78, 5) is 0.472. The van der Waals surface area contributed by atoms with Crippen LogP contribution in [-0.4, -0.2) is 19.5 Å². The first-order chi connectivity index (χ1) is 8.27. The molecule has 0 heterocycles. The number of sulfone groups is 1. The Kier molecular flexibility index (Phi) is 5.41. The summed E-state index contributed by atoms with van der Waals surface area (Å²) in [6, 6.07) is 5.51. The fourth-order valence-corrected chi connectivity index (χ4v) is 5.29. The van der Waals surface area contributed by atoms with E-state index in [1.54, 1.807) is 6.07 Å². The summed E-state index contributed by atoms with van der Waals surface area (Å²) in [6.07, 6.45) is 0. The van der Waals surface area contributed by atoms with Crippen molar-refractivity contribution >= 4 is 25.8 Å². The quantitative estimate of drug-likeness (QED) is 0.769. The van der Waals surface area contributed by atoms with Crippen molar-refractivity contribution in [2.24, 2.45) is 11.8 Å². The molecule has 0 bridgehead atoms. The van der Waals surface area contributed by atoms with Crippen LogP contribution in [0.2, 0.25) is 0 Å². The summed E-state index contributed by atoms with van der Waals surface area (Å²) in [5.41, 5.74) is 1.93. The Morgan fingerprint density at radius 1 is 1.22 bits per heavy atom. The normalized spacial score (nSPS) is 13.9. The molecule has 0 aliphatic rings. The first-order valence-electron chi connectivity index (χ1n) is 6.14. The Balaban J connectivity index is 3.06. The zero-order chi connectivity index (χ0) is 13.9. The Morgan fingerprint density at radius 2 is 1.83 bits per heavy atom. The minimum atomic E-state index is -3.19. The van der Waals surface area contributed by atoms with Crippen molar-refractivity contribution < 1.29 is 8.42 Å². The molecule has 0 N–H and O–H groups in total.